The van der Waals surface area contributed by atoms with E-state index in [1.807, 2.05) is 0 Å². The number of halogens is 3. The van der Waals surface area contributed by atoms with Gasteiger partial charge in [-0.05, 0) is 136 Å². The van der Waals surface area contributed by atoms with Crippen molar-refractivity contribution in [3.8, 4) is 0 Å². The first kappa shape index (κ1) is 27.3. The topological polar surface area (TPSA) is 40.5 Å². The van der Waals surface area contributed by atoms with Gasteiger partial charge in [0.2, 0.25) is 0 Å². The third-order valence-corrected chi connectivity index (χ3v) is 13.1. The summed E-state index contributed by atoms with van der Waals surface area (Å²) in [6.07, 6.45) is 10.7. The molecule has 2 nitrogen and oxygen atoms in total. The van der Waals surface area contributed by atoms with Crippen molar-refractivity contribution in [3.05, 3.63) is 0 Å². The lowest BCUT2D eigenvalue weighted by Crippen LogP contribution is -2.59. The summed E-state index contributed by atoms with van der Waals surface area (Å²) in [6, 6.07) is 0. The van der Waals surface area contributed by atoms with E-state index in [2.05, 4.69) is 20.8 Å². The van der Waals surface area contributed by atoms with E-state index in [0.717, 1.165) is 32.1 Å². The molecule has 0 amide bonds. The van der Waals surface area contributed by atoms with Gasteiger partial charge in [-0.25, -0.2) is 0 Å². The molecule has 0 spiro atoms. The highest BCUT2D eigenvalue weighted by molar-refractivity contribution is 5.11. The Morgan fingerprint density at radius 2 is 1.50 bits per heavy atom. The Kier molecular flexibility index (Phi) is 7.36. The Bertz CT molecular complexity index is 778. The summed E-state index contributed by atoms with van der Waals surface area (Å²) in [4.78, 5) is 0. The average molecular weight is 513 g/mol. The van der Waals surface area contributed by atoms with Gasteiger partial charge in [0.15, 0.2) is 5.60 Å². The van der Waals surface area contributed by atoms with E-state index in [9.17, 15) is 23.4 Å². The lowest BCUT2D eigenvalue weighted by Gasteiger charge is -2.62. The SMILES string of the molecule is C[C@H](CCC(O)C1CCCCC1)[C@H]1CCC2C3CCC4C[C@](O)(C(F)(F)F)CC[C@]4(C)C3CC[C@@]21C. The van der Waals surface area contributed by atoms with E-state index < -0.39 is 11.8 Å². The molecule has 5 saturated carbocycles. The van der Waals surface area contributed by atoms with Crippen molar-refractivity contribution in [2.45, 2.75) is 141 Å². The van der Waals surface area contributed by atoms with E-state index in [-0.39, 0.29) is 30.3 Å². The number of hydrogen-bond acceptors (Lipinski definition) is 2. The van der Waals surface area contributed by atoms with Crippen LogP contribution in [0, 0.1) is 52.3 Å². The molecule has 10 atom stereocenters. The minimum Gasteiger partial charge on any atom is -0.393 e. The second-order valence-corrected chi connectivity index (χ2v) is 14.6. The van der Waals surface area contributed by atoms with Gasteiger partial charge in [0.1, 0.15) is 0 Å². The Balaban J connectivity index is 1.23. The van der Waals surface area contributed by atoms with Crippen LogP contribution in [0.1, 0.15) is 124 Å². The molecule has 5 aliphatic carbocycles. The monoisotopic (exact) mass is 512 g/mol. The highest BCUT2D eigenvalue weighted by atomic mass is 19.4. The van der Waals surface area contributed by atoms with Crippen LogP contribution in [0.3, 0.4) is 0 Å². The zero-order valence-electron chi connectivity index (χ0n) is 23.0. The molecule has 5 unspecified atom stereocenters. The molecule has 0 aliphatic heterocycles. The molecule has 0 radical (unpaired) electrons. The van der Waals surface area contributed by atoms with Gasteiger partial charge in [-0.3, -0.25) is 0 Å². The van der Waals surface area contributed by atoms with Crippen molar-refractivity contribution in [2.75, 3.05) is 0 Å². The molecule has 0 saturated heterocycles. The highest BCUT2D eigenvalue weighted by Crippen LogP contribution is 2.69. The van der Waals surface area contributed by atoms with Crippen LogP contribution in [0.4, 0.5) is 13.2 Å². The molecular weight excluding hydrogens is 461 g/mol. The van der Waals surface area contributed by atoms with E-state index in [1.165, 1.54) is 51.4 Å². The van der Waals surface area contributed by atoms with Crippen LogP contribution in [0.15, 0.2) is 0 Å². The van der Waals surface area contributed by atoms with Gasteiger partial charge in [0, 0.05) is 0 Å². The summed E-state index contributed by atoms with van der Waals surface area (Å²) < 4.78 is 40.9. The van der Waals surface area contributed by atoms with Gasteiger partial charge in [0.25, 0.3) is 0 Å². The maximum atomic E-state index is 13.6. The van der Waals surface area contributed by atoms with Gasteiger partial charge < -0.3 is 10.2 Å². The average Bonchev–Trinajstić information content (AvgIpc) is 3.20. The summed E-state index contributed by atoms with van der Waals surface area (Å²) in [6.45, 7) is 7.24. The summed E-state index contributed by atoms with van der Waals surface area (Å²) in [7, 11) is 0. The zero-order valence-corrected chi connectivity index (χ0v) is 23.0. The quantitative estimate of drug-likeness (QED) is 0.389. The van der Waals surface area contributed by atoms with Gasteiger partial charge in [-0.15, -0.1) is 0 Å². The van der Waals surface area contributed by atoms with Crippen molar-refractivity contribution in [1.82, 2.24) is 0 Å². The van der Waals surface area contributed by atoms with E-state index in [1.54, 1.807) is 0 Å². The molecule has 0 aromatic rings. The standard InChI is InChI=1S/C31H51F3O2/c1-20(9-14-27(35)21-7-5-4-6-8-21)24-12-13-25-23-11-10-22-19-30(36,31(32,33)34)18-17-28(22,2)26(23)15-16-29(24,25)3/h20-27,35-36H,4-19H2,1-3H3/t20-,22?,23?,24-,25?,26?,27?,28+,29-,30+/m1/s1. The van der Waals surface area contributed by atoms with Gasteiger partial charge in [-0.1, -0.05) is 40.0 Å². The normalized spacial score (nSPS) is 47.5. The molecular formula is C31H51F3O2. The highest BCUT2D eigenvalue weighted by Gasteiger charge is 2.65. The molecule has 0 aromatic carbocycles. The first-order chi connectivity index (χ1) is 16.9. The molecule has 2 N–H and O–H groups in total. The summed E-state index contributed by atoms with van der Waals surface area (Å²) in [5, 5.41) is 21.3. The van der Waals surface area contributed by atoms with Crippen LogP contribution in [-0.4, -0.2) is 28.1 Å². The fourth-order valence-corrected chi connectivity index (χ4v) is 10.9. The molecule has 208 valence electrons. The van der Waals surface area contributed by atoms with Crippen molar-refractivity contribution in [1.29, 1.82) is 0 Å². The molecule has 5 fully saturated rings. The number of aliphatic hydroxyl groups excluding tert-OH is 1. The lowest BCUT2D eigenvalue weighted by molar-refractivity contribution is -0.290. The van der Waals surface area contributed by atoms with Gasteiger partial charge in [-0.2, -0.15) is 13.2 Å². The Labute approximate surface area is 217 Å². The van der Waals surface area contributed by atoms with Crippen LogP contribution in [-0.2, 0) is 0 Å². The fraction of sp³-hybridized carbons (Fsp3) is 1.00. The Morgan fingerprint density at radius 3 is 2.19 bits per heavy atom. The minimum atomic E-state index is -4.52. The molecule has 5 heteroatoms. The van der Waals surface area contributed by atoms with Crippen LogP contribution in [0.2, 0.25) is 0 Å². The number of alkyl halides is 3. The molecule has 0 heterocycles. The molecule has 0 aromatic heterocycles. The lowest BCUT2D eigenvalue weighted by atomic mass is 9.43. The summed E-state index contributed by atoms with van der Waals surface area (Å²) in [5.41, 5.74) is -2.21. The maximum absolute atomic E-state index is 13.6. The Morgan fingerprint density at radius 1 is 0.806 bits per heavy atom. The molecule has 5 rings (SSSR count). The second-order valence-electron chi connectivity index (χ2n) is 14.6. The zero-order chi connectivity index (χ0) is 25.9. The Hall–Kier alpha value is -0.290. The second kappa shape index (κ2) is 9.72. The molecule has 0 bridgehead atoms. The number of fused-ring (bicyclic) bond motifs is 5. The van der Waals surface area contributed by atoms with E-state index in [0.29, 0.717) is 47.3 Å². The molecule has 36 heavy (non-hydrogen) atoms. The van der Waals surface area contributed by atoms with Gasteiger partial charge >= 0.3 is 6.18 Å². The minimum absolute atomic E-state index is 0.0131. The smallest absolute Gasteiger partial charge is 0.393 e. The van der Waals surface area contributed by atoms with Crippen molar-refractivity contribution < 1.29 is 23.4 Å². The predicted octanol–water partition coefficient (Wildman–Crippen LogP) is 8.30. The third kappa shape index (κ3) is 4.48. The molecule has 5 aliphatic rings. The summed E-state index contributed by atoms with van der Waals surface area (Å²) >= 11 is 0. The number of rotatable bonds is 5. The first-order valence-corrected chi connectivity index (χ1v) is 15.4. The largest absolute Gasteiger partial charge is 0.417 e. The first-order valence-electron chi connectivity index (χ1n) is 15.4. The maximum Gasteiger partial charge on any atom is 0.417 e. The van der Waals surface area contributed by atoms with Crippen LogP contribution >= 0.6 is 0 Å². The van der Waals surface area contributed by atoms with Crippen LogP contribution < -0.4 is 0 Å². The van der Waals surface area contributed by atoms with Crippen molar-refractivity contribution >= 4 is 0 Å². The predicted molar refractivity (Wildman–Crippen MR) is 137 cm³/mol. The van der Waals surface area contributed by atoms with Crippen LogP contribution in [0.25, 0.3) is 0 Å². The summed E-state index contributed by atoms with van der Waals surface area (Å²) in [5.74, 6) is 3.65. The number of hydrogen-bond donors (Lipinski definition) is 2. The third-order valence-electron chi connectivity index (χ3n) is 13.1. The fourth-order valence-electron chi connectivity index (χ4n) is 10.9. The number of aliphatic hydroxyl groups is 2. The van der Waals surface area contributed by atoms with Crippen LogP contribution in [0.5, 0.6) is 0 Å². The van der Waals surface area contributed by atoms with E-state index in [4.69, 9.17) is 0 Å². The van der Waals surface area contributed by atoms with E-state index >= 15 is 0 Å². The van der Waals surface area contributed by atoms with Gasteiger partial charge in [0.05, 0.1) is 6.10 Å². The van der Waals surface area contributed by atoms with Crippen molar-refractivity contribution in [3.63, 3.8) is 0 Å². The van der Waals surface area contributed by atoms with Crippen molar-refractivity contribution in [2.24, 2.45) is 52.3 Å².